The van der Waals surface area contributed by atoms with Gasteiger partial charge in [0.2, 0.25) is 0 Å². The fourth-order valence-electron chi connectivity index (χ4n) is 1.76. The van der Waals surface area contributed by atoms with E-state index in [0.29, 0.717) is 13.0 Å². The summed E-state index contributed by atoms with van der Waals surface area (Å²) in [6.45, 7) is 2.49. The Kier molecular flexibility index (Phi) is 5.58. The van der Waals surface area contributed by atoms with Crippen molar-refractivity contribution in [2.45, 2.75) is 19.8 Å². The molecule has 3 N–H and O–H groups in total. The largest absolute Gasteiger partial charge is 0.478 e. The number of carboxylic acid groups (broad SMARTS) is 1. The maximum Gasteiger partial charge on any atom is 0.337 e. The Hall–Kier alpha value is -1.62. The van der Waals surface area contributed by atoms with Crippen LogP contribution in [0.1, 0.15) is 30.1 Å². The number of halogens is 1. The number of hydrogen-bond acceptors (Lipinski definition) is 3. The Balaban J connectivity index is 2.80. The van der Waals surface area contributed by atoms with E-state index in [9.17, 15) is 9.18 Å². The van der Waals surface area contributed by atoms with Crippen molar-refractivity contribution in [2.75, 3.05) is 18.5 Å². The molecule has 0 aliphatic heterocycles. The molecule has 0 saturated carbocycles. The lowest BCUT2D eigenvalue weighted by atomic mass is 10.0. The standard InChI is InChI=1S/C13H18FNO3/c1-2-9(6-7-16)8-15-12-10(13(17)18)4-3-5-11(12)14/h3-5,9,15-16H,2,6-8H2,1H3,(H,17,18). The minimum atomic E-state index is -1.16. The highest BCUT2D eigenvalue weighted by atomic mass is 19.1. The van der Waals surface area contributed by atoms with Crippen molar-refractivity contribution in [3.05, 3.63) is 29.6 Å². The fraction of sp³-hybridized carbons (Fsp3) is 0.462. The summed E-state index contributed by atoms with van der Waals surface area (Å²) in [4.78, 5) is 11.0. The Morgan fingerprint density at radius 3 is 2.78 bits per heavy atom. The van der Waals surface area contributed by atoms with E-state index in [1.54, 1.807) is 0 Å². The Labute approximate surface area is 105 Å². The predicted octanol–water partition coefficient (Wildman–Crippen LogP) is 2.34. The molecule has 0 bridgehead atoms. The van der Waals surface area contributed by atoms with Crippen molar-refractivity contribution in [3.8, 4) is 0 Å². The summed E-state index contributed by atoms with van der Waals surface area (Å²) in [6.07, 6.45) is 1.45. The number of rotatable bonds is 7. The molecule has 0 aliphatic rings. The molecule has 0 spiro atoms. The molecule has 18 heavy (non-hydrogen) atoms. The summed E-state index contributed by atoms with van der Waals surface area (Å²) in [5, 5.41) is 20.7. The molecule has 0 aromatic heterocycles. The van der Waals surface area contributed by atoms with E-state index in [4.69, 9.17) is 10.2 Å². The first kappa shape index (κ1) is 14.4. The van der Waals surface area contributed by atoms with Crippen LogP contribution in [0.4, 0.5) is 10.1 Å². The molecule has 0 saturated heterocycles. The first-order chi connectivity index (χ1) is 8.60. The van der Waals surface area contributed by atoms with Crippen molar-refractivity contribution in [1.82, 2.24) is 0 Å². The van der Waals surface area contributed by atoms with Gasteiger partial charge in [-0.15, -0.1) is 0 Å². The van der Waals surface area contributed by atoms with E-state index < -0.39 is 11.8 Å². The van der Waals surface area contributed by atoms with Gasteiger partial charge in [-0.05, 0) is 24.5 Å². The zero-order valence-corrected chi connectivity index (χ0v) is 10.3. The molecule has 1 rings (SSSR count). The highest BCUT2D eigenvalue weighted by Crippen LogP contribution is 2.21. The van der Waals surface area contributed by atoms with Crippen LogP contribution >= 0.6 is 0 Å². The van der Waals surface area contributed by atoms with Gasteiger partial charge in [0.15, 0.2) is 0 Å². The summed E-state index contributed by atoms with van der Waals surface area (Å²) in [6, 6.07) is 3.96. The Bertz CT molecular complexity index is 409. The number of hydrogen-bond donors (Lipinski definition) is 3. The maximum atomic E-state index is 13.6. The van der Waals surface area contributed by atoms with Gasteiger partial charge in [-0.3, -0.25) is 0 Å². The third kappa shape index (κ3) is 3.70. The molecule has 0 aliphatic carbocycles. The van der Waals surface area contributed by atoms with E-state index in [-0.39, 0.29) is 23.8 Å². The van der Waals surface area contributed by atoms with Crippen LogP contribution in [0.25, 0.3) is 0 Å². The minimum absolute atomic E-state index is 0.0152. The second-order valence-electron chi connectivity index (χ2n) is 4.14. The summed E-state index contributed by atoms with van der Waals surface area (Å²) < 4.78 is 13.6. The molecule has 1 unspecified atom stereocenters. The number of aliphatic hydroxyl groups is 1. The van der Waals surface area contributed by atoms with Crippen molar-refractivity contribution in [2.24, 2.45) is 5.92 Å². The average molecular weight is 255 g/mol. The van der Waals surface area contributed by atoms with Crippen molar-refractivity contribution >= 4 is 11.7 Å². The zero-order chi connectivity index (χ0) is 13.5. The van der Waals surface area contributed by atoms with Crippen LogP contribution in [0.3, 0.4) is 0 Å². The molecule has 1 atom stereocenters. The van der Waals surface area contributed by atoms with Crippen molar-refractivity contribution in [1.29, 1.82) is 0 Å². The highest BCUT2D eigenvalue weighted by molar-refractivity contribution is 5.94. The molecule has 0 radical (unpaired) electrons. The molecular formula is C13H18FNO3. The summed E-state index contributed by atoms with van der Waals surface area (Å²) in [7, 11) is 0. The third-order valence-corrected chi connectivity index (χ3v) is 2.93. The fourth-order valence-corrected chi connectivity index (χ4v) is 1.76. The van der Waals surface area contributed by atoms with Crippen LogP contribution in [0, 0.1) is 11.7 Å². The van der Waals surface area contributed by atoms with Gasteiger partial charge in [-0.25, -0.2) is 9.18 Å². The second-order valence-corrected chi connectivity index (χ2v) is 4.14. The van der Waals surface area contributed by atoms with Crippen LogP contribution in [0.2, 0.25) is 0 Å². The molecule has 1 aromatic carbocycles. The molecule has 0 fully saturated rings. The monoisotopic (exact) mass is 255 g/mol. The number of carbonyl (C=O) groups is 1. The third-order valence-electron chi connectivity index (χ3n) is 2.93. The molecule has 4 nitrogen and oxygen atoms in total. The van der Waals surface area contributed by atoms with Gasteiger partial charge in [0, 0.05) is 13.2 Å². The second kappa shape index (κ2) is 6.96. The average Bonchev–Trinajstić information content (AvgIpc) is 2.35. The van der Waals surface area contributed by atoms with Crippen molar-refractivity contribution < 1.29 is 19.4 Å². The Morgan fingerprint density at radius 1 is 1.50 bits per heavy atom. The summed E-state index contributed by atoms with van der Waals surface area (Å²) >= 11 is 0. The predicted molar refractivity (Wildman–Crippen MR) is 67.3 cm³/mol. The maximum absolute atomic E-state index is 13.6. The van der Waals surface area contributed by atoms with Crippen LogP contribution in [0.15, 0.2) is 18.2 Å². The first-order valence-corrected chi connectivity index (χ1v) is 5.96. The quantitative estimate of drug-likeness (QED) is 0.699. The molecule has 100 valence electrons. The summed E-state index contributed by atoms with van der Waals surface area (Å²) in [5.74, 6) is -1.54. The molecule has 1 aromatic rings. The van der Waals surface area contributed by atoms with Gasteiger partial charge in [0.1, 0.15) is 5.82 Å². The van der Waals surface area contributed by atoms with Crippen LogP contribution in [0.5, 0.6) is 0 Å². The number of benzene rings is 1. The van der Waals surface area contributed by atoms with Gasteiger partial charge in [0.25, 0.3) is 0 Å². The molecule has 0 heterocycles. The smallest absolute Gasteiger partial charge is 0.337 e. The minimum Gasteiger partial charge on any atom is -0.478 e. The van der Waals surface area contributed by atoms with Gasteiger partial charge < -0.3 is 15.5 Å². The number of carboxylic acids is 1. The van der Waals surface area contributed by atoms with E-state index in [0.717, 1.165) is 6.42 Å². The van der Waals surface area contributed by atoms with Crippen molar-refractivity contribution in [3.63, 3.8) is 0 Å². The van der Waals surface area contributed by atoms with E-state index in [2.05, 4.69) is 5.32 Å². The van der Waals surface area contributed by atoms with E-state index in [1.807, 2.05) is 6.92 Å². The highest BCUT2D eigenvalue weighted by Gasteiger charge is 2.15. The lowest BCUT2D eigenvalue weighted by Crippen LogP contribution is -2.17. The number of aliphatic hydroxyl groups excluding tert-OH is 1. The number of para-hydroxylation sites is 1. The van der Waals surface area contributed by atoms with Crippen LogP contribution in [-0.4, -0.2) is 29.3 Å². The summed E-state index contributed by atoms with van der Waals surface area (Å²) in [5.41, 5.74) is -0.0600. The topological polar surface area (TPSA) is 69.6 Å². The number of anilines is 1. The SMILES string of the molecule is CCC(CCO)CNc1c(F)cccc1C(=O)O. The van der Waals surface area contributed by atoms with Crippen LogP contribution < -0.4 is 5.32 Å². The number of nitrogens with one attached hydrogen (secondary N) is 1. The van der Waals surface area contributed by atoms with Crippen LogP contribution in [-0.2, 0) is 0 Å². The van der Waals surface area contributed by atoms with Gasteiger partial charge in [-0.1, -0.05) is 19.4 Å². The Morgan fingerprint density at radius 2 is 2.22 bits per heavy atom. The molecule has 0 amide bonds. The van der Waals surface area contributed by atoms with E-state index >= 15 is 0 Å². The van der Waals surface area contributed by atoms with E-state index in [1.165, 1.54) is 18.2 Å². The molecular weight excluding hydrogens is 237 g/mol. The number of aromatic carboxylic acids is 1. The van der Waals surface area contributed by atoms with Gasteiger partial charge >= 0.3 is 5.97 Å². The normalized spacial score (nSPS) is 12.2. The lowest BCUT2D eigenvalue weighted by Gasteiger charge is -2.16. The first-order valence-electron chi connectivity index (χ1n) is 5.96. The lowest BCUT2D eigenvalue weighted by molar-refractivity contribution is 0.0697. The van der Waals surface area contributed by atoms with Gasteiger partial charge in [-0.2, -0.15) is 0 Å². The molecule has 5 heteroatoms. The van der Waals surface area contributed by atoms with Gasteiger partial charge in [0.05, 0.1) is 11.3 Å². The zero-order valence-electron chi connectivity index (χ0n) is 10.3.